The molecule has 3 aliphatic rings. The van der Waals surface area contributed by atoms with Gasteiger partial charge in [0.15, 0.2) is 5.89 Å². The Kier molecular flexibility index (Phi) is 7.37. The Labute approximate surface area is 211 Å². The van der Waals surface area contributed by atoms with E-state index in [-0.39, 0.29) is 11.3 Å². The molecule has 4 nitrogen and oxygen atoms in total. The van der Waals surface area contributed by atoms with E-state index in [0.717, 1.165) is 68.8 Å². The first-order valence-corrected chi connectivity index (χ1v) is 14.4. The average molecular weight is 477 g/mol. The Morgan fingerprint density at radius 2 is 1.89 bits per heavy atom. The van der Waals surface area contributed by atoms with Crippen molar-refractivity contribution in [2.75, 3.05) is 6.54 Å². The van der Waals surface area contributed by atoms with Gasteiger partial charge in [-0.3, -0.25) is 4.79 Å². The van der Waals surface area contributed by atoms with E-state index in [9.17, 15) is 4.79 Å². The van der Waals surface area contributed by atoms with Crippen LogP contribution in [-0.2, 0) is 16.6 Å². The van der Waals surface area contributed by atoms with Gasteiger partial charge in [0.25, 0.3) is 0 Å². The summed E-state index contributed by atoms with van der Waals surface area (Å²) in [5.74, 6) is 3.37. The standard InChI is InChI=1S/C31H44N2O2/c1-4-26(31(5-2)19-12-17-28-29(31)32-22(3)35-28)30(34)33-20-18-25(23-13-8-6-9-14-23)21-27(33)24-15-10-7-11-16-24/h6,8-9,13-14,24-27H,4-5,7,10-12,15-21H2,1-3H3/t25-,26+,27+,31+/m1/s1. The zero-order valence-corrected chi connectivity index (χ0v) is 22.1. The summed E-state index contributed by atoms with van der Waals surface area (Å²) in [6.45, 7) is 7.32. The van der Waals surface area contributed by atoms with Gasteiger partial charge in [0.2, 0.25) is 5.91 Å². The maximum Gasteiger partial charge on any atom is 0.226 e. The fraction of sp³-hybridized carbons (Fsp3) is 0.677. The first-order chi connectivity index (χ1) is 17.1. The molecule has 2 aliphatic carbocycles. The van der Waals surface area contributed by atoms with Gasteiger partial charge in [0.05, 0.1) is 5.69 Å². The quantitative estimate of drug-likeness (QED) is 0.438. The Hall–Kier alpha value is -2.10. The van der Waals surface area contributed by atoms with Crippen LogP contribution >= 0.6 is 0 Å². The number of fused-ring (bicyclic) bond motifs is 1. The molecular formula is C31H44N2O2. The van der Waals surface area contributed by atoms with Crippen molar-refractivity contribution in [3.63, 3.8) is 0 Å². The van der Waals surface area contributed by atoms with E-state index in [2.05, 4.69) is 49.1 Å². The summed E-state index contributed by atoms with van der Waals surface area (Å²) in [5, 5.41) is 0. The Bertz CT molecular complexity index is 993. The van der Waals surface area contributed by atoms with Gasteiger partial charge in [-0.1, -0.05) is 63.4 Å². The fourth-order valence-electron chi connectivity index (χ4n) is 7.91. The van der Waals surface area contributed by atoms with Crippen LogP contribution in [0, 0.1) is 18.8 Å². The molecule has 2 heterocycles. The van der Waals surface area contributed by atoms with Gasteiger partial charge in [-0.25, -0.2) is 4.98 Å². The van der Waals surface area contributed by atoms with Gasteiger partial charge in [-0.15, -0.1) is 0 Å². The Morgan fingerprint density at radius 1 is 1.11 bits per heavy atom. The van der Waals surface area contributed by atoms with E-state index in [1.165, 1.54) is 37.7 Å². The summed E-state index contributed by atoms with van der Waals surface area (Å²) in [7, 11) is 0. The number of amides is 1. The molecular weight excluding hydrogens is 432 g/mol. The molecule has 1 saturated heterocycles. The van der Waals surface area contributed by atoms with Crippen molar-refractivity contribution in [1.82, 2.24) is 9.88 Å². The lowest BCUT2D eigenvalue weighted by Crippen LogP contribution is -2.55. The number of aryl methyl sites for hydroxylation is 2. The van der Waals surface area contributed by atoms with Crippen molar-refractivity contribution in [2.45, 2.75) is 115 Å². The molecule has 1 aliphatic heterocycles. The maximum atomic E-state index is 14.6. The predicted molar refractivity (Wildman–Crippen MR) is 140 cm³/mol. The number of oxazole rings is 1. The first kappa shape index (κ1) is 24.6. The van der Waals surface area contributed by atoms with Crippen LogP contribution in [0.25, 0.3) is 0 Å². The first-order valence-electron chi connectivity index (χ1n) is 14.4. The fourth-order valence-corrected chi connectivity index (χ4v) is 7.91. The zero-order chi connectivity index (χ0) is 24.4. The van der Waals surface area contributed by atoms with Crippen molar-refractivity contribution in [2.24, 2.45) is 11.8 Å². The summed E-state index contributed by atoms with van der Waals surface area (Å²) in [4.78, 5) is 21.8. The number of aromatic nitrogens is 1. The number of rotatable bonds is 6. The topological polar surface area (TPSA) is 46.3 Å². The van der Waals surface area contributed by atoms with Crippen LogP contribution in [0.1, 0.15) is 113 Å². The van der Waals surface area contributed by atoms with E-state index in [1.807, 2.05) is 6.92 Å². The Balaban J connectivity index is 1.46. The van der Waals surface area contributed by atoms with Gasteiger partial charge >= 0.3 is 0 Å². The highest BCUT2D eigenvalue weighted by atomic mass is 16.4. The summed E-state index contributed by atoms with van der Waals surface area (Å²) < 4.78 is 6.03. The van der Waals surface area contributed by atoms with Gasteiger partial charge in [-0.2, -0.15) is 0 Å². The highest BCUT2D eigenvalue weighted by molar-refractivity contribution is 5.81. The van der Waals surface area contributed by atoms with Crippen molar-refractivity contribution in [3.8, 4) is 0 Å². The molecule has 0 spiro atoms. The second-order valence-electron chi connectivity index (χ2n) is 11.5. The van der Waals surface area contributed by atoms with Crippen LogP contribution in [-0.4, -0.2) is 28.4 Å². The molecule has 1 saturated carbocycles. The van der Waals surface area contributed by atoms with Crippen molar-refractivity contribution in [3.05, 3.63) is 53.2 Å². The minimum atomic E-state index is -0.190. The molecule has 2 fully saturated rings. The lowest BCUT2D eigenvalue weighted by Gasteiger charge is -2.49. The summed E-state index contributed by atoms with van der Waals surface area (Å²) in [6.07, 6.45) is 13.6. The van der Waals surface area contributed by atoms with Crippen LogP contribution in [0.15, 0.2) is 34.7 Å². The third-order valence-corrected chi connectivity index (χ3v) is 9.70. The SMILES string of the molecule is CC[C@@H](C(=O)N1CC[C@@H](c2ccccc2)C[C@H]1C1CCCCC1)[C@]1(CC)CCCc2oc(C)nc21. The monoisotopic (exact) mass is 476 g/mol. The van der Waals surface area contributed by atoms with Crippen LogP contribution < -0.4 is 0 Å². The molecule has 190 valence electrons. The van der Waals surface area contributed by atoms with E-state index in [4.69, 9.17) is 9.40 Å². The number of piperidine rings is 1. The molecule has 0 unspecified atom stereocenters. The van der Waals surface area contributed by atoms with E-state index in [1.54, 1.807) is 0 Å². The largest absolute Gasteiger partial charge is 0.446 e. The molecule has 0 bridgehead atoms. The number of hydrogen-bond acceptors (Lipinski definition) is 3. The molecule has 5 rings (SSSR count). The zero-order valence-electron chi connectivity index (χ0n) is 22.1. The normalized spacial score (nSPS) is 28.5. The molecule has 4 atom stereocenters. The van der Waals surface area contributed by atoms with E-state index in [0.29, 0.717) is 23.8 Å². The smallest absolute Gasteiger partial charge is 0.226 e. The lowest BCUT2D eigenvalue weighted by atomic mass is 9.63. The molecule has 4 heteroatoms. The minimum absolute atomic E-state index is 0.0181. The van der Waals surface area contributed by atoms with Crippen LogP contribution in [0.5, 0.6) is 0 Å². The van der Waals surface area contributed by atoms with Crippen molar-refractivity contribution < 1.29 is 9.21 Å². The number of carbonyl (C=O) groups is 1. The summed E-state index contributed by atoms with van der Waals surface area (Å²) >= 11 is 0. The van der Waals surface area contributed by atoms with Crippen LogP contribution in [0.2, 0.25) is 0 Å². The van der Waals surface area contributed by atoms with Gasteiger partial charge in [0, 0.05) is 37.3 Å². The second kappa shape index (κ2) is 10.5. The van der Waals surface area contributed by atoms with Crippen molar-refractivity contribution in [1.29, 1.82) is 0 Å². The maximum absolute atomic E-state index is 14.6. The second-order valence-corrected chi connectivity index (χ2v) is 11.5. The average Bonchev–Trinajstić information content (AvgIpc) is 3.31. The molecule has 0 N–H and O–H groups in total. The van der Waals surface area contributed by atoms with E-state index >= 15 is 0 Å². The molecule has 2 aromatic rings. The minimum Gasteiger partial charge on any atom is -0.446 e. The number of likely N-dealkylation sites (tertiary alicyclic amines) is 1. The molecule has 1 aromatic heterocycles. The highest BCUT2D eigenvalue weighted by Crippen LogP contribution is 2.48. The molecule has 1 aromatic carbocycles. The number of hydrogen-bond donors (Lipinski definition) is 0. The van der Waals surface area contributed by atoms with Gasteiger partial charge in [-0.05, 0) is 68.8 Å². The lowest BCUT2D eigenvalue weighted by molar-refractivity contribution is -0.145. The van der Waals surface area contributed by atoms with Crippen LogP contribution in [0.4, 0.5) is 0 Å². The molecule has 35 heavy (non-hydrogen) atoms. The number of benzene rings is 1. The molecule has 1 amide bonds. The van der Waals surface area contributed by atoms with Gasteiger partial charge < -0.3 is 9.32 Å². The number of nitrogens with zero attached hydrogens (tertiary/aromatic N) is 2. The number of carbonyl (C=O) groups excluding carboxylic acids is 1. The molecule has 0 radical (unpaired) electrons. The third kappa shape index (κ3) is 4.58. The summed E-state index contributed by atoms with van der Waals surface area (Å²) in [6, 6.07) is 11.4. The van der Waals surface area contributed by atoms with Gasteiger partial charge in [0.1, 0.15) is 5.76 Å². The summed E-state index contributed by atoms with van der Waals surface area (Å²) in [5.41, 5.74) is 2.36. The van der Waals surface area contributed by atoms with Crippen molar-refractivity contribution >= 4 is 5.91 Å². The Morgan fingerprint density at radius 3 is 2.60 bits per heavy atom. The predicted octanol–water partition coefficient (Wildman–Crippen LogP) is 7.35. The van der Waals surface area contributed by atoms with Crippen LogP contribution in [0.3, 0.4) is 0 Å². The van der Waals surface area contributed by atoms with E-state index < -0.39 is 0 Å². The highest BCUT2D eigenvalue weighted by Gasteiger charge is 2.50. The third-order valence-electron chi connectivity index (χ3n) is 9.70.